The topological polar surface area (TPSA) is 44.2 Å². The molecule has 4 rings (SSSR count). The summed E-state index contributed by atoms with van der Waals surface area (Å²) in [5.41, 5.74) is 0.600. The van der Waals surface area contributed by atoms with Crippen molar-refractivity contribution in [2.45, 2.75) is 70.0 Å². The molecule has 1 saturated heterocycles. The highest BCUT2D eigenvalue weighted by Gasteiger charge is 2.57. The minimum Gasteiger partial charge on any atom is -0.399 e. The minimum absolute atomic E-state index is 0.314. The molecule has 0 spiro atoms. The smallest absolute Gasteiger partial charge is 0.399 e. The number of hydrogen-bond acceptors (Lipinski definition) is 4. The maximum atomic E-state index is 6.05. The molecule has 2 heterocycles. The fraction of sp³-hybridized carbons (Fsp3) is 0.750. The second kappa shape index (κ2) is 4.08. The monoisotopic (exact) mass is 286 g/mol. The van der Waals surface area contributed by atoms with Crippen LogP contribution >= 0.6 is 0 Å². The van der Waals surface area contributed by atoms with Gasteiger partial charge in [-0.2, -0.15) is 0 Å². The van der Waals surface area contributed by atoms with Crippen LogP contribution in [0, 0.1) is 5.92 Å². The lowest BCUT2D eigenvalue weighted by Crippen LogP contribution is -2.41. The molecule has 0 radical (unpaired) electrons. The molecule has 1 aromatic heterocycles. The molecule has 0 N–H and O–H groups in total. The predicted molar refractivity (Wildman–Crippen MR) is 81.4 cm³/mol. The normalized spacial score (nSPS) is 28.7. The molecule has 0 aromatic carbocycles. The summed E-state index contributed by atoms with van der Waals surface area (Å²) in [6.45, 7) is 8.26. The van der Waals surface area contributed by atoms with Crippen molar-refractivity contribution in [2.24, 2.45) is 5.92 Å². The zero-order chi connectivity index (χ0) is 14.9. The van der Waals surface area contributed by atoms with Crippen LogP contribution in [0.1, 0.15) is 59.2 Å². The van der Waals surface area contributed by atoms with Gasteiger partial charge >= 0.3 is 7.12 Å². The van der Waals surface area contributed by atoms with E-state index in [4.69, 9.17) is 9.31 Å². The van der Waals surface area contributed by atoms with Crippen molar-refractivity contribution < 1.29 is 9.31 Å². The second-order valence-electron chi connectivity index (χ2n) is 7.86. The maximum absolute atomic E-state index is 6.05. The third kappa shape index (κ3) is 2.05. The Hall–Kier alpha value is -0.935. The first-order valence-corrected chi connectivity index (χ1v) is 8.02. The van der Waals surface area contributed by atoms with Crippen LogP contribution in [0.4, 0.5) is 0 Å². The zero-order valence-corrected chi connectivity index (χ0v) is 13.3. The lowest BCUT2D eigenvalue weighted by Gasteiger charge is -2.32. The van der Waals surface area contributed by atoms with Gasteiger partial charge < -0.3 is 9.31 Å². The van der Waals surface area contributed by atoms with Crippen molar-refractivity contribution in [3.63, 3.8) is 0 Å². The van der Waals surface area contributed by atoms with E-state index >= 15 is 0 Å². The highest BCUT2D eigenvalue weighted by atomic mass is 16.7. The summed E-state index contributed by atoms with van der Waals surface area (Å²) in [7, 11) is -0.361. The van der Waals surface area contributed by atoms with Gasteiger partial charge in [-0.05, 0) is 59.3 Å². The average molecular weight is 286 g/mol. The summed E-state index contributed by atoms with van der Waals surface area (Å²) in [6.07, 6.45) is 9.01. The van der Waals surface area contributed by atoms with Crippen LogP contribution in [-0.4, -0.2) is 28.3 Å². The first-order valence-electron chi connectivity index (χ1n) is 8.02. The van der Waals surface area contributed by atoms with Gasteiger partial charge in [0.05, 0.1) is 11.2 Å². The summed E-state index contributed by atoms with van der Waals surface area (Å²) in [4.78, 5) is 9.29. The molecule has 112 valence electrons. The van der Waals surface area contributed by atoms with Gasteiger partial charge in [-0.1, -0.05) is 0 Å². The molecule has 4 nitrogen and oxygen atoms in total. The summed E-state index contributed by atoms with van der Waals surface area (Å²) in [6, 6.07) is 0. The van der Waals surface area contributed by atoms with Crippen LogP contribution in [-0.2, 0) is 14.7 Å². The van der Waals surface area contributed by atoms with Crippen LogP contribution in [0.15, 0.2) is 12.4 Å². The molecule has 5 heteroatoms. The van der Waals surface area contributed by atoms with E-state index in [0.717, 1.165) is 17.2 Å². The Labute approximate surface area is 126 Å². The Balaban J connectivity index is 1.55. The molecule has 3 fully saturated rings. The number of aromatic nitrogens is 2. The molecule has 0 amide bonds. The summed E-state index contributed by atoms with van der Waals surface area (Å²) in [5, 5.41) is 0. The van der Waals surface area contributed by atoms with E-state index in [0.29, 0.717) is 5.41 Å². The fourth-order valence-corrected chi connectivity index (χ4v) is 3.28. The first-order chi connectivity index (χ1) is 9.84. The summed E-state index contributed by atoms with van der Waals surface area (Å²) < 4.78 is 12.1. The third-order valence-electron chi connectivity index (χ3n) is 5.79. The summed E-state index contributed by atoms with van der Waals surface area (Å²) in [5.74, 6) is 1.87. The van der Waals surface area contributed by atoms with Crippen molar-refractivity contribution in [1.29, 1.82) is 0 Å². The predicted octanol–water partition coefficient (Wildman–Crippen LogP) is 2.22. The van der Waals surface area contributed by atoms with E-state index in [-0.39, 0.29) is 18.3 Å². The van der Waals surface area contributed by atoms with Crippen molar-refractivity contribution in [3.05, 3.63) is 18.2 Å². The van der Waals surface area contributed by atoms with Gasteiger partial charge in [0.15, 0.2) is 0 Å². The van der Waals surface area contributed by atoms with Crippen molar-refractivity contribution >= 4 is 12.6 Å². The Bertz CT molecular complexity index is 546. The number of rotatable bonds is 3. The molecule has 1 aromatic rings. The standard InChI is InChI=1S/C16H23BN2O2/c1-14(2)15(3,4)21-17(20-14)12-9-18-13(19-10-12)16(7-8-16)11-5-6-11/h9-11H,5-8H2,1-4H3. The van der Waals surface area contributed by atoms with Crippen LogP contribution in [0.25, 0.3) is 0 Å². The third-order valence-corrected chi connectivity index (χ3v) is 5.79. The maximum Gasteiger partial charge on any atom is 0.498 e. The van der Waals surface area contributed by atoms with E-state index in [9.17, 15) is 0 Å². The molecule has 0 bridgehead atoms. The summed E-state index contributed by atoms with van der Waals surface area (Å²) >= 11 is 0. The van der Waals surface area contributed by atoms with E-state index in [1.54, 1.807) is 0 Å². The SMILES string of the molecule is CC1(C)OB(c2cnc(C3(C4CC4)CC3)nc2)OC1(C)C. The van der Waals surface area contributed by atoms with Crippen molar-refractivity contribution in [1.82, 2.24) is 9.97 Å². The van der Waals surface area contributed by atoms with Crippen molar-refractivity contribution in [3.8, 4) is 0 Å². The van der Waals surface area contributed by atoms with Crippen LogP contribution < -0.4 is 5.46 Å². The molecule has 0 atom stereocenters. The zero-order valence-electron chi connectivity index (χ0n) is 13.3. The quantitative estimate of drug-likeness (QED) is 0.799. The fourth-order valence-electron chi connectivity index (χ4n) is 3.28. The van der Waals surface area contributed by atoms with Crippen LogP contribution in [0.3, 0.4) is 0 Å². The molecule has 3 aliphatic rings. The molecule has 21 heavy (non-hydrogen) atoms. The lowest BCUT2D eigenvalue weighted by atomic mass is 9.81. The molecular formula is C16H23BN2O2. The number of hydrogen-bond donors (Lipinski definition) is 0. The Morgan fingerprint density at radius 1 is 1.00 bits per heavy atom. The average Bonchev–Trinajstić information content (AvgIpc) is 3.28. The van der Waals surface area contributed by atoms with Gasteiger partial charge in [-0.3, -0.25) is 0 Å². The molecule has 0 unspecified atom stereocenters. The van der Waals surface area contributed by atoms with Crippen molar-refractivity contribution in [2.75, 3.05) is 0 Å². The Morgan fingerprint density at radius 3 is 1.95 bits per heavy atom. The van der Waals surface area contributed by atoms with Crippen LogP contribution in [0.5, 0.6) is 0 Å². The van der Waals surface area contributed by atoms with Gasteiger partial charge in [0, 0.05) is 23.3 Å². The Morgan fingerprint density at radius 2 is 1.52 bits per heavy atom. The van der Waals surface area contributed by atoms with E-state index < -0.39 is 0 Å². The number of nitrogens with zero attached hydrogens (tertiary/aromatic N) is 2. The molecule has 2 aliphatic carbocycles. The van der Waals surface area contributed by atoms with E-state index in [1.807, 2.05) is 12.4 Å². The van der Waals surface area contributed by atoms with Gasteiger partial charge in [0.2, 0.25) is 0 Å². The van der Waals surface area contributed by atoms with Crippen LogP contribution in [0.2, 0.25) is 0 Å². The second-order valence-corrected chi connectivity index (χ2v) is 7.86. The van der Waals surface area contributed by atoms with Gasteiger partial charge in [0.25, 0.3) is 0 Å². The van der Waals surface area contributed by atoms with Gasteiger partial charge in [-0.15, -0.1) is 0 Å². The largest absolute Gasteiger partial charge is 0.498 e. The van der Waals surface area contributed by atoms with Gasteiger partial charge in [0.1, 0.15) is 5.82 Å². The molecule has 2 saturated carbocycles. The van der Waals surface area contributed by atoms with E-state index in [1.165, 1.54) is 25.7 Å². The van der Waals surface area contributed by atoms with Gasteiger partial charge in [-0.25, -0.2) is 9.97 Å². The molecular weight excluding hydrogens is 263 g/mol. The highest BCUT2D eigenvalue weighted by molar-refractivity contribution is 6.61. The minimum atomic E-state index is -0.361. The highest BCUT2D eigenvalue weighted by Crippen LogP contribution is 2.61. The Kier molecular flexibility index (Phi) is 2.66. The first kappa shape index (κ1) is 13.7. The molecule has 1 aliphatic heterocycles. The lowest BCUT2D eigenvalue weighted by molar-refractivity contribution is 0.00578. The van der Waals surface area contributed by atoms with E-state index in [2.05, 4.69) is 37.7 Å².